The molecule has 2 amide bonds. The predicted molar refractivity (Wildman–Crippen MR) is 140 cm³/mol. The summed E-state index contributed by atoms with van der Waals surface area (Å²) >= 11 is 0. The zero-order chi connectivity index (χ0) is 25.7. The Morgan fingerprint density at radius 2 is 1.69 bits per heavy atom. The second-order valence-electron chi connectivity index (χ2n) is 10.7. The van der Waals surface area contributed by atoms with Gasteiger partial charge in [0.2, 0.25) is 5.91 Å². The van der Waals surface area contributed by atoms with Crippen molar-refractivity contribution in [3.8, 4) is 16.9 Å². The van der Waals surface area contributed by atoms with Gasteiger partial charge in [-0.05, 0) is 94.3 Å². The smallest absolute Gasteiger partial charge is 0.255 e. The first-order chi connectivity index (χ1) is 17.2. The lowest BCUT2D eigenvalue weighted by molar-refractivity contribution is -0.123. The number of carbonyl (C=O) groups excluding carboxylic acids is 2. The van der Waals surface area contributed by atoms with Crippen molar-refractivity contribution >= 4 is 11.8 Å². The second-order valence-corrected chi connectivity index (χ2v) is 10.7. The molecule has 2 aromatic rings. The van der Waals surface area contributed by atoms with Gasteiger partial charge in [0.1, 0.15) is 17.5 Å². The molecule has 0 unspecified atom stereocenters. The molecule has 36 heavy (non-hydrogen) atoms. The van der Waals surface area contributed by atoms with Crippen LogP contribution in [0.15, 0.2) is 48.5 Å². The van der Waals surface area contributed by atoms with Crippen molar-refractivity contribution in [2.24, 2.45) is 11.7 Å². The number of halogens is 1. The largest absolute Gasteiger partial charge is 0.493 e. The average molecular weight is 496 g/mol. The minimum Gasteiger partial charge on any atom is -0.493 e. The van der Waals surface area contributed by atoms with Gasteiger partial charge in [0, 0.05) is 18.7 Å². The number of piperidine rings is 2. The highest BCUT2D eigenvalue weighted by Gasteiger charge is 2.32. The fraction of sp³-hybridized carbons (Fsp3) is 0.517. The molecular weight excluding hydrogens is 457 g/mol. The van der Waals surface area contributed by atoms with E-state index in [4.69, 9.17) is 10.5 Å². The number of nitrogens with two attached hydrogens (primary N) is 1. The van der Waals surface area contributed by atoms with Gasteiger partial charge in [0.25, 0.3) is 5.91 Å². The summed E-state index contributed by atoms with van der Waals surface area (Å²) in [6.45, 7) is 6.73. The molecule has 4 rings (SSSR count). The molecule has 2 fully saturated rings. The number of alkyl halides is 1. The maximum Gasteiger partial charge on any atom is 0.255 e. The molecule has 2 heterocycles. The predicted octanol–water partition coefficient (Wildman–Crippen LogP) is 4.67. The summed E-state index contributed by atoms with van der Waals surface area (Å²) in [6, 6.07) is 14.8. The lowest BCUT2D eigenvalue weighted by Crippen LogP contribution is -2.50. The third kappa shape index (κ3) is 6.64. The van der Waals surface area contributed by atoms with Crippen LogP contribution in [-0.4, -0.2) is 66.1 Å². The van der Waals surface area contributed by atoms with Crippen LogP contribution in [0.1, 0.15) is 56.3 Å². The van der Waals surface area contributed by atoms with Gasteiger partial charge < -0.3 is 20.3 Å². The summed E-state index contributed by atoms with van der Waals surface area (Å²) in [6.07, 6.45) is 4.40. The Hall–Kier alpha value is -2.93. The van der Waals surface area contributed by atoms with Gasteiger partial charge in [-0.25, -0.2) is 4.39 Å². The lowest BCUT2D eigenvalue weighted by Gasteiger charge is -2.34. The monoisotopic (exact) mass is 495 g/mol. The second kappa shape index (κ2) is 11.4. The Kier molecular flexibility index (Phi) is 8.29. The van der Waals surface area contributed by atoms with Crippen LogP contribution >= 0.6 is 0 Å². The molecule has 0 bridgehead atoms. The van der Waals surface area contributed by atoms with E-state index >= 15 is 0 Å². The summed E-state index contributed by atoms with van der Waals surface area (Å²) in [7, 11) is 0. The molecular formula is C29H38FN3O3. The molecule has 0 aromatic heterocycles. The van der Waals surface area contributed by atoms with Gasteiger partial charge in [-0.1, -0.05) is 30.3 Å². The first-order valence-electron chi connectivity index (χ1n) is 13.0. The standard InChI is InChI=1S/C29H38FN3O3/c1-29(2,30)20-32-17-14-21(15-18-32)19-36-23-12-10-22(11-13-23)24-7-3-4-8-25(24)28(35)33-16-6-5-9-26(33)27(31)34/h3-4,7-8,10-13,21,26H,5-6,9,14-20H2,1-2H3,(H2,31,34)/t26-/m0/s1. The highest BCUT2D eigenvalue weighted by Crippen LogP contribution is 2.29. The minimum absolute atomic E-state index is 0.156. The maximum absolute atomic E-state index is 13.9. The number of carbonyl (C=O) groups is 2. The molecule has 0 saturated carbocycles. The van der Waals surface area contributed by atoms with Gasteiger partial charge in [0.15, 0.2) is 0 Å². The Morgan fingerprint density at radius 1 is 1.00 bits per heavy atom. The Labute approximate surface area is 213 Å². The van der Waals surface area contributed by atoms with E-state index in [1.165, 1.54) is 0 Å². The van der Waals surface area contributed by atoms with Crippen LogP contribution in [0.3, 0.4) is 0 Å². The number of hydrogen-bond acceptors (Lipinski definition) is 4. The van der Waals surface area contributed by atoms with Crippen LogP contribution in [0.5, 0.6) is 5.75 Å². The maximum atomic E-state index is 13.9. The van der Waals surface area contributed by atoms with Gasteiger partial charge in [-0.3, -0.25) is 9.59 Å². The van der Waals surface area contributed by atoms with Gasteiger partial charge in [-0.2, -0.15) is 0 Å². The normalized spacial score (nSPS) is 19.8. The first kappa shape index (κ1) is 26.1. The lowest BCUT2D eigenvalue weighted by atomic mass is 9.95. The highest BCUT2D eigenvalue weighted by atomic mass is 19.1. The van der Waals surface area contributed by atoms with Gasteiger partial charge in [-0.15, -0.1) is 0 Å². The number of ether oxygens (including phenoxy) is 1. The Bertz CT molecular complexity index is 1040. The molecule has 0 spiro atoms. The molecule has 0 radical (unpaired) electrons. The SMILES string of the molecule is CC(C)(F)CN1CCC(COc2ccc(-c3ccccc3C(=O)N3CCCC[C@H]3C(N)=O)cc2)CC1. The Balaban J connectivity index is 1.38. The number of hydrogen-bond donors (Lipinski definition) is 1. The number of rotatable bonds is 8. The van der Waals surface area contributed by atoms with Gasteiger partial charge in [0.05, 0.1) is 6.61 Å². The molecule has 2 aliphatic rings. The zero-order valence-corrected chi connectivity index (χ0v) is 21.4. The van der Waals surface area contributed by atoms with Crippen molar-refractivity contribution < 1.29 is 18.7 Å². The molecule has 7 heteroatoms. The van der Waals surface area contributed by atoms with Crippen LogP contribution in [0.4, 0.5) is 4.39 Å². The zero-order valence-electron chi connectivity index (χ0n) is 21.4. The van der Waals surface area contributed by atoms with E-state index < -0.39 is 17.6 Å². The number of primary amides is 1. The third-order valence-corrected chi connectivity index (χ3v) is 7.21. The van der Waals surface area contributed by atoms with Crippen molar-refractivity contribution in [3.05, 3.63) is 54.1 Å². The van der Waals surface area contributed by atoms with Crippen molar-refractivity contribution in [1.29, 1.82) is 0 Å². The van der Waals surface area contributed by atoms with Crippen LogP contribution in [0.2, 0.25) is 0 Å². The molecule has 2 N–H and O–H groups in total. The highest BCUT2D eigenvalue weighted by molar-refractivity contribution is 6.02. The van der Waals surface area contributed by atoms with E-state index in [-0.39, 0.29) is 5.91 Å². The topological polar surface area (TPSA) is 75.9 Å². The van der Waals surface area contributed by atoms with Crippen molar-refractivity contribution in [2.75, 3.05) is 32.8 Å². The summed E-state index contributed by atoms with van der Waals surface area (Å²) in [5.74, 6) is 0.653. The van der Waals surface area contributed by atoms with E-state index in [2.05, 4.69) is 4.90 Å². The molecule has 0 aliphatic carbocycles. The van der Waals surface area contributed by atoms with Crippen LogP contribution in [0.25, 0.3) is 11.1 Å². The fourth-order valence-electron chi connectivity index (χ4n) is 5.33. The molecule has 2 saturated heterocycles. The number of nitrogens with zero attached hydrogens (tertiary/aromatic N) is 2. The molecule has 2 aromatic carbocycles. The molecule has 194 valence electrons. The summed E-state index contributed by atoms with van der Waals surface area (Å²) < 4.78 is 20.0. The molecule has 2 aliphatic heterocycles. The van der Waals surface area contributed by atoms with E-state index in [0.717, 1.165) is 55.6 Å². The average Bonchev–Trinajstić information content (AvgIpc) is 2.87. The van der Waals surface area contributed by atoms with Crippen molar-refractivity contribution in [1.82, 2.24) is 9.80 Å². The third-order valence-electron chi connectivity index (χ3n) is 7.21. The summed E-state index contributed by atoms with van der Waals surface area (Å²) in [5.41, 5.74) is 6.74. The van der Waals surface area contributed by atoms with Crippen LogP contribution in [0, 0.1) is 5.92 Å². The fourth-order valence-corrected chi connectivity index (χ4v) is 5.33. The van der Waals surface area contributed by atoms with Crippen molar-refractivity contribution in [2.45, 2.75) is 57.7 Å². The Morgan fingerprint density at radius 3 is 2.36 bits per heavy atom. The van der Waals surface area contributed by atoms with Gasteiger partial charge >= 0.3 is 0 Å². The molecule has 1 atom stereocenters. The number of amides is 2. The number of benzene rings is 2. The van der Waals surface area contributed by atoms with E-state index in [0.29, 0.717) is 37.6 Å². The van der Waals surface area contributed by atoms with E-state index in [9.17, 15) is 14.0 Å². The van der Waals surface area contributed by atoms with E-state index in [1.54, 1.807) is 18.7 Å². The minimum atomic E-state index is -1.16. The summed E-state index contributed by atoms with van der Waals surface area (Å²) in [5, 5.41) is 0. The van der Waals surface area contributed by atoms with Crippen molar-refractivity contribution in [3.63, 3.8) is 0 Å². The number of likely N-dealkylation sites (tertiary alicyclic amines) is 2. The first-order valence-corrected chi connectivity index (χ1v) is 13.0. The van der Waals surface area contributed by atoms with Crippen LogP contribution in [-0.2, 0) is 4.79 Å². The quantitative estimate of drug-likeness (QED) is 0.577. The van der Waals surface area contributed by atoms with E-state index in [1.807, 2.05) is 48.5 Å². The van der Waals surface area contributed by atoms with Crippen LogP contribution < -0.4 is 10.5 Å². The summed E-state index contributed by atoms with van der Waals surface area (Å²) in [4.78, 5) is 29.2. The molecule has 6 nitrogen and oxygen atoms in total.